The van der Waals surface area contributed by atoms with Crippen molar-refractivity contribution in [3.8, 4) is 5.75 Å². The number of hydrogen-bond donors (Lipinski definition) is 1. The molecule has 29 heavy (non-hydrogen) atoms. The quantitative estimate of drug-likeness (QED) is 0.508. The summed E-state index contributed by atoms with van der Waals surface area (Å²) in [6.07, 6.45) is 2.04. The Morgan fingerprint density at radius 1 is 1.10 bits per heavy atom. The minimum Gasteiger partial charge on any atom is -0.494 e. The van der Waals surface area contributed by atoms with Gasteiger partial charge in [0.25, 0.3) is 0 Å². The molecule has 0 aromatic heterocycles. The van der Waals surface area contributed by atoms with Crippen LogP contribution in [0.5, 0.6) is 5.75 Å². The molecule has 4 rings (SSSR count). The zero-order chi connectivity index (χ0) is 20.5. The first-order valence-electron chi connectivity index (χ1n) is 9.12. The molecule has 146 valence electrons. The molecule has 3 nitrogen and oxygen atoms in total. The Balaban J connectivity index is 1.88. The molecule has 0 amide bonds. The number of methoxy groups -OCH3 is 1. The third-order valence-corrected chi connectivity index (χ3v) is 5.82. The van der Waals surface area contributed by atoms with Crippen LogP contribution in [0.4, 0.5) is 4.39 Å². The van der Waals surface area contributed by atoms with Crippen LogP contribution >= 0.6 is 15.9 Å². The van der Waals surface area contributed by atoms with Gasteiger partial charge in [-0.3, -0.25) is 4.79 Å². The molecule has 0 saturated heterocycles. The predicted octanol–water partition coefficient (Wildman–Crippen LogP) is 6.10. The molecule has 1 aliphatic rings. The number of carbonyl (C=O) groups is 1. The molecule has 2 atom stereocenters. The van der Waals surface area contributed by atoms with Gasteiger partial charge in [0.15, 0.2) is 11.6 Å². The highest BCUT2D eigenvalue weighted by Crippen LogP contribution is 2.50. The summed E-state index contributed by atoms with van der Waals surface area (Å²) in [5.41, 5.74) is 4.32. The first kappa shape index (κ1) is 19.4. The highest BCUT2D eigenvalue weighted by atomic mass is 79.9. The maximum absolute atomic E-state index is 13.9. The van der Waals surface area contributed by atoms with Crippen LogP contribution in [0.2, 0.25) is 0 Å². The molecule has 0 saturated carbocycles. The second-order valence-electron chi connectivity index (χ2n) is 6.92. The van der Waals surface area contributed by atoms with E-state index in [0.29, 0.717) is 5.56 Å². The van der Waals surface area contributed by atoms with Gasteiger partial charge in [-0.2, -0.15) is 0 Å². The number of ether oxygens (including phenoxy) is 1. The van der Waals surface area contributed by atoms with Crippen molar-refractivity contribution in [2.24, 2.45) is 0 Å². The topological polar surface area (TPSA) is 46.5 Å². The zero-order valence-corrected chi connectivity index (χ0v) is 17.2. The van der Waals surface area contributed by atoms with Gasteiger partial charge >= 0.3 is 5.97 Å². The van der Waals surface area contributed by atoms with Crippen LogP contribution in [0.1, 0.15) is 34.1 Å². The molecule has 1 N–H and O–H groups in total. The lowest BCUT2D eigenvalue weighted by molar-refractivity contribution is -0.139. The standard InChI is InChI=1S/C24H18BrFO3/c1-29-21-13-16(8-11-20(21)26)22(24(27)28)23-18-5-3-2-4-15(18)12-19(23)14-6-9-17(25)10-7-14/h2-13,22-23H,1H3,(H,27,28). The van der Waals surface area contributed by atoms with Gasteiger partial charge in [0.1, 0.15) is 0 Å². The van der Waals surface area contributed by atoms with E-state index >= 15 is 0 Å². The number of carboxylic acids is 1. The maximum Gasteiger partial charge on any atom is 0.311 e. The fourth-order valence-electron chi connectivity index (χ4n) is 3.96. The van der Waals surface area contributed by atoms with Crippen molar-refractivity contribution in [3.05, 3.63) is 99.3 Å². The second kappa shape index (κ2) is 7.84. The summed E-state index contributed by atoms with van der Waals surface area (Å²) in [5, 5.41) is 10.2. The predicted molar refractivity (Wildman–Crippen MR) is 115 cm³/mol. The normalized spacial score (nSPS) is 16.1. The monoisotopic (exact) mass is 452 g/mol. The molecule has 3 aromatic carbocycles. The number of rotatable bonds is 5. The van der Waals surface area contributed by atoms with E-state index in [0.717, 1.165) is 26.7 Å². The van der Waals surface area contributed by atoms with Crippen molar-refractivity contribution < 1.29 is 19.0 Å². The van der Waals surface area contributed by atoms with Gasteiger partial charge in [0.2, 0.25) is 0 Å². The molecule has 5 heteroatoms. The van der Waals surface area contributed by atoms with Crippen LogP contribution in [-0.4, -0.2) is 18.2 Å². The molecule has 1 aliphatic carbocycles. The number of benzene rings is 3. The van der Waals surface area contributed by atoms with Gasteiger partial charge < -0.3 is 9.84 Å². The van der Waals surface area contributed by atoms with E-state index in [1.165, 1.54) is 25.3 Å². The van der Waals surface area contributed by atoms with Crippen LogP contribution in [0, 0.1) is 5.82 Å². The van der Waals surface area contributed by atoms with Crippen molar-refractivity contribution in [1.29, 1.82) is 0 Å². The second-order valence-corrected chi connectivity index (χ2v) is 7.84. The van der Waals surface area contributed by atoms with E-state index < -0.39 is 23.6 Å². The van der Waals surface area contributed by atoms with Crippen LogP contribution in [0.15, 0.2) is 71.2 Å². The zero-order valence-electron chi connectivity index (χ0n) is 15.6. The third kappa shape index (κ3) is 3.58. The van der Waals surface area contributed by atoms with E-state index in [2.05, 4.69) is 15.9 Å². The molecule has 2 unspecified atom stereocenters. The van der Waals surface area contributed by atoms with E-state index in [1.807, 2.05) is 54.6 Å². The summed E-state index contributed by atoms with van der Waals surface area (Å²) in [6, 6.07) is 19.9. The highest BCUT2D eigenvalue weighted by molar-refractivity contribution is 9.10. The lowest BCUT2D eigenvalue weighted by Gasteiger charge is -2.25. The molecule has 0 radical (unpaired) electrons. The van der Waals surface area contributed by atoms with Crippen molar-refractivity contribution in [2.45, 2.75) is 11.8 Å². The Morgan fingerprint density at radius 3 is 2.52 bits per heavy atom. The lowest BCUT2D eigenvalue weighted by atomic mass is 9.77. The van der Waals surface area contributed by atoms with E-state index in [-0.39, 0.29) is 5.75 Å². The summed E-state index contributed by atoms with van der Waals surface area (Å²) >= 11 is 3.45. The molecular weight excluding hydrogens is 435 g/mol. The summed E-state index contributed by atoms with van der Waals surface area (Å²) in [6.45, 7) is 0. The van der Waals surface area contributed by atoms with E-state index in [9.17, 15) is 14.3 Å². The number of allylic oxidation sites excluding steroid dienone is 1. The van der Waals surface area contributed by atoms with Gasteiger partial charge in [-0.25, -0.2) is 4.39 Å². The van der Waals surface area contributed by atoms with Crippen LogP contribution in [0.25, 0.3) is 11.6 Å². The summed E-state index contributed by atoms with van der Waals surface area (Å²) < 4.78 is 20.0. The highest BCUT2D eigenvalue weighted by Gasteiger charge is 2.38. The molecular formula is C24H18BrFO3. The van der Waals surface area contributed by atoms with Gasteiger partial charge in [0, 0.05) is 10.4 Å². The lowest BCUT2D eigenvalue weighted by Crippen LogP contribution is -2.20. The Kier molecular flexibility index (Phi) is 5.24. The van der Waals surface area contributed by atoms with Crippen molar-refractivity contribution in [1.82, 2.24) is 0 Å². The number of hydrogen-bond acceptors (Lipinski definition) is 2. The minimum atomic E-state index is -0.969. The molecule has 0 bridgehead atoms. The van der Waals surface area contributed by atoms with E-state index in [4.69, 9.17) is 4.74 Å². The largest absolute Gasteiger partial charge is 0.494 e. The first-order valence-corrected chi connectivity index (χ1v) is 9.91. The Bertz CT molecular complexity index is 1110. The van der Waals surface area contributed by atoms with Crippen LogP contribution in [0.3, 0.4) is 0 Å². The maximum atomic E-state index is 13.9. The van der Waals surface area contributed by atoms with Gasteiger partial charge in [-0.05, 0) is 52.1 Å². The summed E-state index contributed by atoms with van der Waals surface area (Å²) in [7, 11) is 1.37. The Morgan fingerprint density at radius 2 is 1.83 bits per heavy atom. The van der Waals surface area contributed by atoms with Crippen molar-refractivity contribution in [2.75, 3.05) is 7.11 Å². The number of halogens is 2. The SMILES string of the molecule is COc1cc(C(C(=O)O)C2C(c3ccc(Br)cc3)=Cc3ccccc32)ccc1F. The average Bonchev–Trinajstić information content (AvgIpc) is 3.09. The van der Waals surface area contributed by atoms with Crippen molar-refractivity contribution >= 4 is 33.5 Å². The average molecular weight is 453 g/mol. The number of carboxylic acid groups (broad SMARTS) is 1. The van der Waals surface area contributed by atoms with Gasteiger partial charge in [-0.15, -0.1) is 0 Å². The number of fused-ring (bicyclic) bond motifs is 1. The summed E-state index contributed by atoms with van der Waals surface area (Å²) in [5.74, 6) is -2.74. The Hall–Kier alpha value is -2.92. The smallest absolute Gasteiger partial charge is 0.311 e. The van der Waals surface area contributed by atoms with Gasteiger partial charge in [0.05, 0.1) is 13.0 Å². The number of aliphatic carboxylic acids is 1. The van der Waals surface area contributed by atoms with Gasteiger partial charge in [-0.1, -0.05) is 64.5 Å². The molecule has 0 aliphatic heterocycles. The fraction of sp³-hybridized carbons (Fsp3) is 0.125. The fourth-order valence-corrected chi connectivity index (χ4v) is 4.23. The molecule has 0 heterocycles. The molecule has 0 spiro atoms. The van der Waals surface area contributed by atoms with E-state index in [1.54, 1.807) is 0 Å². The van der Waals surface area contributed by atoms with Crippen LogP contribution in [-0.2, 0) is 4.79 Å². The third-order valence-electron chi connectivity index (χ3n) is 5.29. The molecule has 0 fully saturated rings. The first-order chi connectivity index (χ1) is 14.0. The molecule has 3 aromatic rings. The Labute approximate surface area is 176 Å². The van der Waals surface area contributed by atoms with Crippen LogP contribution < -0.4 is 4.74 Å². The summed E-state index contributed by atoms with van der Waals surface area (Å²) in [4.78, 5) is 12.4. The van der Waals surface area contributed by atoms with Crippen molar-refractivity contribution in [3.63, 3.8) is 0 Å². The minimum absolute atomic E-state index is 0.0363.